The molecule has 0 amide bonds. The van der Waals surface area contributed by atoms with Crippen molar-refractivity contribution in [2.24, 2.45) is 0 Å². The Morgan fingerprint density at radius 3 is 2.00 bits per heavy atom. The lowest BCUT2D eigenvalue weighted by Crippen LogP contribution is -1.61. The number of rotatable bonds is 1. The predicted molar refractivity (Wildman–Crippen MR) is 21.6 cm³/mol. The van der Waals surface area contributed by atoms with E-state index in [9.17, 15) is 0 Å². The minimum absolute atomic E-state index is 0. The van der Waals surface area contributed by atoms with Gasteiger partial charge in [-0.2, -0.15) is 0 Å². The van der Waals surface area contributed by atoms with Gasteiger partial charge in [0.05, 0.1) is 7.11 Å². The maximum absolute atomic E-state index is 9.05. The molecule has 4 heteroatoms. The van der Waals surface area contributed by atoms with Crippen LogP contribution in [0.2, 0.25) is 0 Å². The Bertz CT molecular complexity index is 23.6. The normalized spacial score (nSPS) is 5.80. The van der Waals surface area contributed by atoms with E-state index in [0.717, 1.165) is 0 Å². The van der Waals surface area contributed by atoms with Gasteiger partial charge in [0.2, 0.25) is 0 Å². The van der Waals surface area contributed by atoms with Gasteiger partial charge in [-0.25, -0.2) is 4.21 Å². The fourth-order valence-corrected chi connectivity index (χ4v) is 0. The van der Waals surface area contributed by atoms with E-state index in [1.165, 1.54) is 7.11 Å². The third-order valence-electron chi connectivity index (χ3n) is 0.0745. The number of thiol groups is 1. The Morgan fingerprint density at radius 1 is 1.80 bits per heavy atom. The quantitative estimate of drug-likeness (QED) is 0.440. The van der Waals surface area contributed by atoms with Crippen LogP contribution in [-0.2, 0) is 16.1 Å². The van der Waals surface area contributed by atoms with Crippen molar-refractivity contribution in [1.82, 2.24) is 6.15 Å². The van der Waals surface area contributed by atoms with Crippen LogP contribution in [0.4, 0.5) is 0 Å². The van der Waals surface area contributed by atoms with Gasteiger partial charge in [0.1, 0.15) is 11.9 Å². The Kier molecular flexibility index (Phi) is 16.0. The minimum Gasteiger partial charge on any atom is -0.344 e. The summed E-state index contributed by atoms with van der Waals surface area (Å²) in [5.74, 6) is 0. The Balaban J connectivity index is 0. The van der Waals surface area contributed by atoms with Crippen molar-refractivity contribution in [2.75, 3.05) is 7.11 Å². The van der Waals surface area contributed by atoms with Gasteiger partial charge < -0.3 is 6.15 Å². The smallest absolute Gasteiger partial charge is 0.141 e. The van der Waals surface area contributed by atoms with Gasteiger partial charge in [0, 0.05) is 0 Å². The van der Waals surface area contributed by atoms with Crippen molar-refractivity contribution in [1.29, 1.82) is 0 Å². The zero-order valence-electron chi connectivity index (χ0n) is 2.97. The largest absolute Gasteiger partial charge is 0.344 e. The maximum atomic E-state index is 9.05. The fraction of sp³-hybridized carbons (Fsp3) is 1.00. The standard InChI is InChI=1S/CH4O2S.H3N/c1-3-4-2;/h4H,1H3;1H3. The SMILES string of the molecule is CO[SH]=O.N. The molecule has 0 spiro atoms. The van der Waals surface area contributed by atoms with Gasteiger partial charge >= 0.3 is 0 Å². The summed E-state index contributed by atoms with van der Waals surface area (Å²) < 4.78 is 13.0. The average Bonchev–Trinajstić information content (AvgIpc) is 1.37. The second-order valence-electron chi connectivity index (χ2n) is 0.257. The molecule has 0 aromatic heterocycles. The first-order valence-electron chi connectivity index (χ1n) is 0.773. The summed E-state index contributed by atoms with van der Waals surface area (Å²) in [6, 6.07) is 0. The molecule has 0 unspecified atom stereocenters. The van der Waals surface area contributed by atoms with Crippen LogP contribution in [0.5, 0.6) is 0 Å². The van der Waals surface area contributed by atoms with Gasteiger partial charge in [0.25, 0.3) is 0 Å². The summed E-state index contributed by atoms with van der Waals surface area (Å²) in [4.78, 5) is 0. The lowest BCUT2D eigenvalue weighted by Gasteiger charge is -1.61. The molecule has 0 aliphatic rings. The zero-order chi connectivity index (χ0) is 3.41. The van der Waals surface area contributed by atoms with Gasteiger partial charge in [0.15, 0.2) is 0 Å². The van der Waals surface area contributed by atoms with Crippen molar-refractivity contribution in [3.05, 3.63) is 0 Å². The molecule has 0 aliphatic heterocycles. The van der Waals surface area contributed by atoms with Crippen molar-refractivity contribution < 1.29 is 8.39 Å². The Hall–Kier alpha value is 0.0700. The first kappa shape index (κ1) is 8.91. The first-order valence-corrected chi connectivity index (χ1v) is 1.50. The molecular weight excluding hydrogens is 90.1 g/mol. The topological polar surface area (TPSA) is 61.3 Å². The molecule has 0 atom stereocenters. The lowest BCUT2D eigenvalue weighted by molar-refractivity contribution is 0.461. The van der Waals surface area contributed by atoms with E-state index >= 15 is 0 Å². The summed E-state index contributed by atoms with van der Waals surface area (Å²) in [6.45, 7) is 0. The van der Waals surface area contributed by atoms with Gasteiger partial charge in [-0.05, 0) is 0 Å². The molecule has 0 bridgehead atoms. The molecule has 0 aromatic rings. The summed E-state index contributed by atoms with van der Waals surface area (Å²) in [6.07, 6.45) is 0. The van der Waals surface area contributed by atoms with Crippen molar-refractivity contribution >= 4 is 11.9 Å². The van der Waals surface area contributed by atoms with Crippen molar-refractivity contribution in [3.63, 3.8) is 0 Å². The molecule has 3 N–H and O–H groups in total. The van der Waals surface area contributed by atoms with E-state index in [0.29, 0.717) is 0 Å². The van der Waals surface area contributed by atoms with Gasteiger partial charge in [-0.15, -0.1) is 0 Å². The summed E-state index contributed by atoms with van der Waals surface area (Å²) >= 11 is -0.252. The molecule has 5 heavy (non-hydrogen) atoms. The Labute approximate surface area is 34.6 Å². The van der Waals surface area contributed by atoms with E-state index in [1.54, 1.807) is 0 Å². The maximum Gasteiger partial charge on any atom is 0.141 e. The van der Waals surface area contributed by atoms with Crippen LogP contribution in [0.25, 0.3) is 0 Å². The predicted octanol–water partition coefficient (Wildman–Crippen LogP) is -0.345. The molecule has 0 aromatic carbocycles. The highest BCUT2D eigenvalue weighted by Crippen LogP contribution is 1.42. The number of hydrogen-bond acceptors (Lipinski definition) is 3. The van der Waals surface area contributed by atoms with E-state index in [1.807, 2.05) is 0 Å². The van der Waals surface area contributed by atoms with Crippen LogP contribution >= 0.6 is 0 Å². The zero-order valence-corrected chi connectivity index (χ0v) is 3.87. The van der Waals surface area contributed by atoms with Crippen molar-refractivity contribution in [3.8, 4) is 0 Å². The second kappa shape index (κ2) is 8.95. The highest BCUT2D eigenvalue weighted by molar-refractivity contribution is 7.60. The van der Waals surface area contributed by atoms with E-state index < -0.39 is 0 Å². The molecule has 0 fully saturated rings. The minimum atomic E-state index is -0.252. The fourth-order valence-electron chi connectivity index (χ4n) is 0. The molecule has 0 radical (unpaired) electrons. The molecule has 0 heterocycles. The first-order chi connectivity index (χ1) is 1.91. The highest BCUT2D eigenvalue weighted by atomic mass is 32.2. The molecule has 0 saturated carbocycles. The monoisotopic (exact) mass is 97.0 g/mol. The Morgan fingerprint density at radius 2 is 2.00 bits per heavy atom. The van der Waals surface area contributed by atoms with E-state index in [4.69, 9.17) is 4.21 Å². The van der Waals surface area contributed by atoms with Crippen LogP contribution in [0.1, 0.15) is 0 Å². The molecule has 0 rings (SSSR count). The van der Waals surface area contributed by atoms with Gasteiger partial charge in [-0.3, -0.25) is 4.18 Å². The second-order valence-corrected chi connectivity index (χ2v) is 0.771. The van der Waals surface area contributed by atoms with Crippen LogP contribution in [-0.4, -0.2) is 11.3 Å². The van der Waals surface area contributed by atoms with E-state index in [2.05, 4.69) is 4.18 Å². The molecular formula is CH7NO2S. The third-order valence-corrected chi connectivity index (χ3v) is 0.224. The highest BCUT2D eigenvalue weighted by Gasteiger charge is 1.44. The average molecular weight is 97.1 g/mol. The van der Waals surface area contributed by atoms with Crippen LogP contribution < -0.4 is 6.15 Å². The molecule has 34 valence electrons. The van der Waals surface area contributed by atoms with E-state index in [-0.39, 0.29) is 18.1 Å². The molecule has 3 nitrogen and oxygen atoms in total. The summed E-state index contributed by atoms with van der Waals surface area (Å²) in [5.41, 5.74) is 0. The van der Waals surface area contributed by atoms with Gasteiger partial charge in [-0.1, -0.05) is 0 Å². The third kappa shape index (κ3) is 15.2. The number of hydrogen-bond donors (Lipinski definition) is 2. The van der Waals surface area contributed by atoms with Crippen LogP contribution in [0.3, 0.4) is 0 Å². The van der Waals surface area contributed by atoms with Crippen LogP contribution in [0, 0.1) is 0 Å². The van der Waals surface area contributed by atoms with Crippen molar-refractivity contribution in [2.45, 2.75) is 0 Å². The summed E-state index contributed by atoms with van der Waals surface area (Å²) in [5, 5.41) is 0. The molecule has 0 aliphatic carbocycles. The summed E-state index contributed by atoms with van der Waals surface area (Å²) in [7, 11) is 1.36. The van der Waals surface area contributed by atoms with Crippen LogP contribution in [0.15, 0.2) is 0 Å². The molecule has 0 saturated heterocycles. The lowest BCUT2D eigenvalue weighted by atomic mass is 11.8.